The van der Waals surface area contributed by atoms with Gasteiger partial charge in [-0.25, -0.2) is 4.98 Å². The number of H-pyrrole nitrogens is 1. The summed E-state index contributed by atoms with van der Waals surface area (Å²) in [5, 5.41) is 0. The van der Waals surface area contributed by atoms with Crippen LogP contribution in [0, 0.1) is 5.92 Å². The fraction of sp³-hybridized carbons (Fsp3) is 0.474. The summed E-state index contributed by atoms with van der Waals surface area (Å²) in [4.78, 5) is 21.8. The number of aromatic nitrogens is 2. The highest BCUT2D eigenvalue weighted by molar-refractivity contribution is 5.34. The first kappa shape index (κ1) is 18.0. The van der Waals surface area contributed by atoms with Crippen LogP contribution in [-0.2, 0) is 25.9 Å². The Morgan fingerprint density at radius 1 is 1.26 bits per heavy atom. The van der Waals surface area contributed by atoms with E-state index in [0.29, 0.717) is 48.9 Å². The molecule has 2 aromatic rings. The van der Waals surface area contributed by atoms with Crippen LogP contribution in [-0.4, -0.2) is 27.8 Å². The Bertz CT molecular complexity index is 890. The van der Waals surface area contributed by atoms with Gasteiger partial charge in [-0.3, -0.25) is 9.69 Å². The van der Waals surface area contributed by atoms with E-state index in [1.165, 1.54) is 25.0 Å². The van der Waals surface area contributed by atoms with Crippen LogP contribution in [0.3, 0.4) is 0 Å². The minimum absolute atomic E-state index is 0.0869. The van der Waals surface area contributed by atoms with Crippen molar-refractivity contribution in [1.29, 1.82) is 0 Å². The monoisotopic (exact) mass is 379 g/mol. The van der Waals surface area contributed by atoms with Gasteiger partial charge in [0.15, 0.2) is 0 Å². The Balaban J connectivity index is 1.51. The highest BCUT2D eigenvalue weighted by Gasteiger charge is 2.32. The van der Waals surface area contributed by atoms with E-state index in [-0.39, 0.29) is 11.3 Å². The highest BCUT2D eigenvalue weighted by atomic mass is 19.4. The van der Waals surface area contributed by atoms with E-state index < -0.39 is 6.36 Å². The summed E-state index contributed by atoms with van der Waals surface area (Å²) >= 11 is 0. The standard InChI is InChI=1S/C19H20F3N3O2/c20-19(21,22)27-16-4-2-1-3-13(16)10-25-8-7-14-15(11-25)23-17(24-18(14)26)9-12-5-6-12/h1-4,12H,5-11H2,(H,23,24,26). The molecule has 1 N–H and O–H groups in total. The number of benzene rings is 1. The lowest BCUT2D eigenvalue weighted by molar-refractivity contribution is -0.275. The molecule has 2 heterocycles. The van der Waals surface area contributed by atoms with E-state index in [4.69, 9.17) is 0 Å². The second kappa shape index (κ2) is 6.99. The lowest BCUT2D eigenvalue weighted by atomic mass is 10.0. The molecular weight excluding hydrogens is 359 g/mol. The fourth-order valence-electron chi connectivity index (χ4n) is 3.47. The zero-order valence-corrected chi connectivity index (χ0v) is 14.7. The second-order valence-electron chi connectivity index (χ2n) is 7.20. The maximum absolute atomic E-state index is 12.6. The zero-order chi connectivity index (χ0) is 19.0. The Morgan fingerprint density at radius 3 is 2.78 bits per heavy atom. The smallest absolute Gasteiger partial charge is 0.405 e. The van der Waals surface area contributed by atoms with Gasteiger partial charge in [-0.1, -0.05) is 18.2 Å². The summed E-state index contributed by atoms with van der Waals surface area (Å²) in [5.41, 5.74) is 1.79. The average Bonchev–Trinajstić information content (AvgIpc) is 3.39. The highest BCUT2D eigenvalue weighted by Crippen LogP contribution is 2.32. The molecule has 1 saturated carbocycles. The lowest BCUT2D eigenvalue weighted by Gasteiger charge is -2.28. The van der Waals surface area contributed by atoms with Gasteiger partial charge in [0.25, 0.3) is 5.56 Å². The molecule has 5 nitrogen and oxygen atoms in total. The van der Waals surface area contributed by atoms with Crippen molar-refractivity contribution in [3.63, 3.8) is 0 Å². The molecule has 0 saturated heterocycles. The molecule has 1 aliphatic carbocycles. The lowest BCUT2D eigenvalue weighted by Crippen LogP contribution is -2.35. The Labute approximate surface area is 154 Å². The number of aromatic amines is 1. The topological polar surface area (TPSA) is 58.2 Å². The van der Waals surface area contributed by atoms with Crippen LogP contribution in [0.2, 0.25) is 0 Å². The normalized spacial score (nSPS) is 17.6. The fourth-order valence-corrected chi connectivity index (χ4v) is 3.47. The number of nitrogens with zero attached hydrogens (tertiary/aromatic N) is 2. The van der Waals surface area contributed by atoms with Crippen molar-refractivity contribution in [2.24, 2.45) is 5.92 Å². The average molecular weight is 379 g/mol. The van der Waals surface area contributed by atoms with Crippen LogP contribution in [0.4, 0.5) is 13.2 Å². The molecule has 4 rings (SSSR count). The van der Waals surface area contributed by atoms with Gasteiger partial charge in [-0.2, -0.15) is 0 Å². The molecule has 0 radical (unpaired) electrons. The van der Waals surface area contributed by atoms with Gasteiger partial charge < -0.3 is 9.72 Å². The van der Waals surface area contributed by atoms with Crippen molar-refractivity contribution >= 4 is 0 Å². The molecule has 0 amide bonds. The van der Waals surface area contributed by atoms with E-state index >= 15 is 0 Å². The molecule has 1 aromatic heterocycles. The number of hydrogen-bond acceptors (Lipinski definition) is 4. The first-order chi connectivity index (χ1) is 12.9. The van der Waals surface area contributed by atoms with Crippen LogP contribution in [0.5, 0.6) is 5.75 Å². The van der Waals surface area contributed by atoms with Crippen LogP contribution < -0.4 is 10.3 Å². The van der Waals surface area contributed by atoms with Gasteiger partial charge in [0.05, 0.1) is 5.69 Å². The molecule has 8 heteroatoms. The molecule has 27 heavy (non-hydrogen) atoms. The summed E-state index contributed by atoms with van der Waals surface area (Å²) in [6.07, 6.45) is -1.07. The number of fused-ring (bicyclic) bond motifs is 1. The predicted molar refractivity (Wildman–Crippen MR) is 92.2 cm³/mol. The molecule has 0 bridgehead atoms. The number of alkyl halides is 3. The van der Waals surface area contributed by atoms with Gasteiger partial charge in [-0.05, 0) is 31.2 Å². The van der Waals surface area contributed by atoms with Crippen LogP contribution in [0.25, 0.3) is 0 Å². The summed E-state index contributed by atoms with van der Waals surface area (Å²) in [6, 6.07) is 6.15. The van der Waals surface area contributed by atoms with Crippen molar-refractivity contribution < 1.29 is 17.9 Å². The van der Waals surface area contributed by atoms with Gasteiger partial charge in [0, 0.05) is 37.2 Å². The Kier molecular flexibility index (Phi) is 4.67. The largest absolute Gasteiger partial charge is 0.573 e. The number of hydrogen-bond donors (Lipinski definition) is 1. The maximum atomic E-state index is 12.6. The second-order valence-corrected chi connectivity index (χ2v) is 7.20. The quantitative estimate of drug-likeness (QED) is 0.867. The van der Waals surface area contributed by atoms with Crippen molar-refractivity contribution in [3.8, 4) is 5.75 Å². The number of nitrogens with one attached hydrogen (secondary N) is 1. The number of para-hydroxylation sites is 1. The maximum Gasteiger partial charge on any atom is 0.573 e. The van der Waals surface area contributed by atoms with Crippen molar-refractivity contribution in [2.75, 3.05) is 6.54 Å². The van der Waals surface area contributed by atoms with Crippen molar-refractivity contribution in [3.05, 3.63) is 57.3 Å². The minimum atomic E-state index is -4.73. The SMILES string of the molecule is O=c1[nH]c(CC2CC2)nc2c1CCN(Cc1ccccc1OC(F)(F)F)C2. The third-order valence-electron chi connectivity index (χ3n) is 4.97. The number of ether oxygens (including phenoxy) is 1. The first-order valence-electron chi connectivity index (χ1n) is 9.04. The van der Waals surface area contributed by atoms with E-state index in [0.717, 1.165) is 12.1 Å². The van der Waals surface area contributed by atoms with E-state index in [1.807, 2.05) is 4.90 Å². The summed E-state index contributed by atoms with van der Waals surface area (Å²) < 4.78 is 42.0. The van der Waals surface area contributed by atoms with Crippen molar-refractivity contribution in [1.82, 2.24) is 14.9 Å². The summed E-state index contributed by atoms with van der Waals surface area (Å²) in [6.45, 7) is 1.33. The third-order valence-corrected chi connectivity index (χ3v) is 4.97. The molecule has 1 aliphatic heterocycles. The third kappa shape index (κ3) is 4.50. The van der Waals surface area contributed by atoms with Crippen LogP contribution >= 0.6 is 0 Å². The molecule has 0 spiro atoms. The molecular formula is C19H20F3N3O2. The molecule has 0 unspecified atom stereocenters. The first-order valence-corrected chi connectivity index (χ1v) is 9.04. The van der Waals surface area contributed by atoms with Gasteiger partial charge in [-0.15, -0.1) is 13.2 Å². The van der Waals surface area contributed by atoms with Gasteiger partial charge in [0.1, 0.15) is 11.6 Å². The Morgan fingerprint density at radius 2 is 2.04 bits per heavy atom. The predicted octanol–water partition coefficient (Wildman–Crippen LogP) is 3.18. The molecule has 1 fully saturated rings. The van der Waals surface area contributed by atoms with E-state index in [2.05, 4.69) is 14.7 Å². The van der Waals surface area contributed by atoms with Crippen LogP contribution in [0.1, 0.15) is 35.5 Å². The zero-order valence-electron chi connectivity index (χ0n) is 14.7. The molecule has 1 aromatic carbocycles. The van der Waals surface area contributed by atoms with Gasteiger partial charge >= 0.3 is 6.36 Å². The van der Waals surface area contributed by atoms with Crippen molar-refractivity contribution in [2.45, 2.75) is 45.1 Å². The van der Waals surface area contributed by atoms with Crippen LogP contribution in [0.15, 0.2) is 29.1 Å². The molecule has 0 atom stereocenters. The number of halogens is 3. The summed E-state index contributed by atoms with van der Waals surface area (Å²) in [7, 11) is 0. The molecule has 2 aliphatic rings. The summed E-state index contributed by atoms with van der Waals surface area (Å²) in [5.74, 6) is 1.13. The number of rotatable bonds is 5. The van der Waals surface area contributed by atoms with E-state index in [1.54, 1.807) is 12.1 Å². The van der Waals surface area contributed by atoms with Gasteiger partial charge in [0.2, 0.25) is 0 Å². The van der Waals surface area contributed by atoms with E-state index in [9.17, 15) is 18.0 Å². The minimum Gasteiger partial charge on any atom is -0.405 e. The molecule has 144 valence electrons. The Hall–Kier alpha value is -2.35.